The van der Waals surface area contributed by atoms with Gasteiger partial charge in [0, 0.05) is 45.6 Å². The van der Waals surface area contributed by atoms with E-state index in [1.165, 1.54) is 12.8 Å². The lowest BCUT2D eigenvalue weighted by Crippen LogP contribution is -2.36. The van der Waals surface area contributed by atoms with Crippen molar-refractivity contribution in [3.05, 3.63) is 45.8 Å². The SMILES string of the molecule is CN=C(NCc1ccc(N2CCCC2)nc1)NCc1cc(Cl)c(Cl)n1C.I. The van der Waals surface area contributed by atoms with Gasteiger partial charge in [0.25, 0.3) is 0 Å². The normalized spacial score (nSPS) is 14.2. The van der Waals surface area contributed by atoms with Crippen molar-refractivity contribution in [2.24, 2.45) is 12.0 Å². The van der Waals surface area contributed by atoms with Crippen molar-refractivity contribution < 1.29 is 0 Å². The maximum atomic E-state index is 6.10. The van der Waals surface area contributed by atoms with Gasteiger partial charge >= 0.3 is 0 Å². The maximum Gasteiger partial charge on any atom is 0.191 e. The second-order valence-corrected chi connectivity index (χ2v) is 7.10. The Morgan fingerprint density at radius 3 is 2.44 bits per heavy atom. The number of nitrogens with one attached hydrogen (secondary N) is 2. The van der Waals surface area contributed by atoms with Gasteiger partial charge in [0.05, 0.1) is 11.6 Å². The number of aromatic nitrogens is 2. The minimum atomic E-state index is 0. The van der Waals surface area contributed by atoms with Gasteiger partial charge in [-0.05, 0) is 30.5 Å². The number of halogens is 3. The van der Waals surface area contributed by atoms with E-state index in [1.807, 2.05) is 23.9 Å². The van der Waals surface area contributed by atoms with E-state index in [0.29, 0.717) is 29.2 Å². The smallest absolute Gasteiger partial charge is 0.191 e. The van der Waals surface area contributed by atoms with Gasteiger partial charge in [-0.3, -0.25) is 4.99 Å². The average molecular weight is 523 g/mol. The van der Waals surface area contributed by atoms with Gasteiger partial charge in [0.15, 0.2) is 5.96 Å². The highest BCUT2D eigenvalue weighted by atomic mass is 127. The van der Waals surface area contributed by atoms with Gasteiger partial charge < -0.3 is 20.1 Å². The summed E-state index contributed by atoms with van der Waals surface area (Å²) in [6.07, 6.45) is 4.43. The molecule has 2 aromatic heterocycles. The third-order valence-electron chi connectivity index (χ3n) is 4.58. The number of nitrogens with zero attached hydrogens (tertiary/aromatic N) is 4. The molecule has 0 spiro atoms. The average Bonchev–Trinajstić information content (AvgIpc) is 3.28. The zero-order valence-corrected chi connectivity index (χ0v) is 19.3. The van der Waals surface area contributed by atoms with E-state index in [1.54, 1.807) is 7.05 Å². The third-order valence-corrected chi connectivity index (χ3v) is 5.42. The molecule has 9 heteroatoms. The number of anilines is 1. The van der Waals surface area contributed by atoms with Gasteiger partial charge in [0.1, 0.15) is 11.0 Å². The standard InChI is InChI=1S/C18H24Cl2N6.HI/c1-21-18(24-12-14-9-15(19)17(20)25(14)2)23-11-13-5-6-16(22-10-13)26-7-3-4-8-26;/h5-6,9-10H,3-4,7-8,11-12H2,1-2H3,(H2,21,23,24);1H. The van der Waals surface area contributed by atoms with E-state index in [4.69, 9.17) is 23.2 Å². The van der Waals surface area contributed by atoms with E-state index in [-0.39, 0.29) is 24.0 Å². The predicted molar refractivity (Wildman–Crippen MR) is 124 cm³/mol. The first-order valence-corrected chi connectivity index (χ1v) is 9.48. The summed E-state index contributed by atoms with van der Waals surface area (Å²) in [4.78, 5) is 11.2. The molecular formula is C18H25Cl2IN6. The van der Waals surface area contributed by atoms with Crippen LogP contribution in [0.1, 0.15) is 24.1 Å². The zero-order chi connectivity index (χ0) is 18.5. The molecular weight excluding hydrogens is 498 g/mol. The molecule has 2 aromatic rings. The molecule has 0 aromatic carbocycles. The molecule has 1 aliphatic heterocycles. The van der Waals surface area contributed by atoms with E-state index in [0.717, 1.165) is 30.2 Å². The number of hydrogen-bond acceptors (Lipinski definition) is 3. The number of guanidine groups is 1. The molecule has 1 aliphatic rings. The number of rotatable bonds is 5. The first kappa shape index (κ1) is 22.1. The van der Waals surface area contributed by atoms with Crippen molar-refractivity contribution in [1.82, 2.24) is 20.2 Å². The van der Waals surface area contributed by atoms with E-state index in [9.17, 15) is 0 Å². The van der Waals surface area contributed by atoms with Crippen LogP contribution >= 0.6 is 47.2 Å². The van der Waals surface area contributed by atoms with Gasteiger partial charge in [-0.25, -0.2) is 4.98 Å². The molecule has 3 rings (SSSR count). The molecule has 0 aliphatic carbocycles. The predicted octanol–water partition coefficient (Wildman–Crippen LogP) is 3.81. The maximum absolute atomic E-state index is 6.10. The molecule has 1 fully saturated rings. The van der Waals surface area contributed by atoms with E-state index in [2.05, 4.69) is 37.6 Å². The van der Waals surface area contributed by atoms with Crippen LogP contribution in [0.25, 0.3) is 0 Å². The van der Waals surface area contributed by atoms with Crippen LogP contribution in [0, 0.1) is 0 Å². The van der Waals surface area contributed by atoms with Crippen LogP contribution in [0.4, 0.5) is 5.82 Å². The Labute approximate surface area is 187 Å². The zero-order valence-electron chi connectivity index (χ0n) is 15.5. The Balaban J connectivity index is 0.00000261. The first-order valence-electron chi connectivity index (χ1n) is 8.72. The topological polar surface area (TPSA) is 57.5 Å². The molecule has 1 saturated heterocycles. The van der Waals surface area contributed by atoms with Gasteiger partial charge in [-0.2, -0.15) is 0 Å². The van der Waals surface area contributed by atoms with Crippen LogP contribution in [0.3, 0.4) is 0 Å². The van der Waals surface area contributed by atoms with Crippen LogP contribution < -0.4 is 15.5 Å². The largest absolute Gasteiger partial charge is 0.357 e. The molecule has 0 atom stereocenters. The summed E-state index contributed by atoms with van der Waals surface area (Å²) in [5.74, 6) is 1.77. The second kappa shape index (κ2) is 10.4. The summed E-state index contributed by atoms with van der Waals surface area (Å²) in [6, 6.07) is 6.05. The Hall–Kier alpha value is -1.19. The minimum absolute atomic E-state index is 0. The minimum Gasteiger partial charge on any atom is -0.357 e. The lowest BCUT2D eigenvalue weighted by molar-refractivity contribution is 0.749. The quantitative estimate of drug-likeness (QED) is 0.356. The third kappa shape index (κ3) is 5.65. The van der Waals surface area contributed by atoms with Crippen molar-refractivity contribution >= 4 is 59.0 Å². The highest BCUT2D eigenvalue weighted by Gasteiger charge is 2.13. The summed E-state index contributed by atoms with van der Waals surface area (Å²) in [5, 5.41) is 7.65. The molecule has 0 bridgehead atoms. The monoisotopic (exact) mass is 522 g/mol. The second-order valence-electron chi connectivity index (χ2n) is 6.33. The summed E-state index contributed by atoms with van der Waals surface area (Å²) < 4.78 is 1.85. The van der Waals surface area contributed by atoms with Crippen molar-refractivity contribution in [2.75, 3.05) is 25.0 Å². The summed E-state index contributed by atoms with van der Waals surface area (Å²) in [6.45, 7) is 3.44. The summed E-state index contributed by atoms with van der Waals surface area (Å²) in [5.41, 5.74) is 2.10. The summed E-state index contributed by atoms with van der Waals surface area (Å²) in [7, 11) is 3.63. The van der Waals surface area contributed by atoms with Gasteiger partial charge in [0.2, 0.25) is 0 Å². The molecule has 0 radical (unpaired) electrons. The van der Waals surface area contributed by atoms with Crippen LogP contribution in [-0.2, 0) is 20.1 Å². The fourth-order valence-electron chi connectivity index (χ4n) is 2.99. The Bertz CT molecular complexity index is 769. The highest BCUT2D eigenvalue weighted by Crippen LogP contribution is 2.24. The molecule has 148 valence electrons. The Morgan fingerprint density at radius 1 is 1.19 bits per heavy atom. The van der Waals surface area contributed by atoms with Crippen molar-refractivity contribution in [3.63, 3.8) is 0 Å². The Kier molecular flexibility index (Phi) is 8.50. The fraction of sp³-hybridized carbons (Fsp3) is 0.444. The van der Waals surface area contributed by atoms with E-state index < -0.39 is 0 Å². The molecule has 6 nitrogen and oxygen atoms in total. The van der Waals surface area contributed by atoms with Crippen LogP contribution in [-0.4, -0.2) is 35.6 Å². The van der Waals surface area contributed by atoms with Crippen molar-refractivity contribution in [3.8, 4) is 0 Å². The molecule has 0 saturated carbocycles. The molecule has 27 heavy (non-hydrogen) atoms. The lowest BCUT2D eigenvalue weighted by Gasteiger charge is -2.16. The first-order chi connectivity index (χ1) is 12.6. The molecule has 3 heterocycles. The highest BCUT2D eigenvalue weighted by molar-refractivity contribution is 14.0. The lowest BCUT2D eigenvalue weighted by atomic mass is 10.3. The summed E-state index contributed by atoms with van der Waals surface area (Å²) >= 11 is 12.1. The Morgan fingerprint density at radius 2 is 1.89 bits per heavy atom. The molecule has 0 unspecified atom stereocenters. The number of pyridine rings is 1. The fourth-order valence-corrected chi connectivity index (χ4v) is 3.41. The number of hydrogen-bond donors (Lipinski definition) is 2. The van der Waals surface area contributed by atoms with Crippen molar-refractivity contribution in [2.45, 2.75) is 25.9 Å². The van der Waals surface area contributed by atoms with Crippen LogP contribution in [0.2, 0.25) is 10.2 Å². The van der Waals surface area contributed by atoms with E-state index >= 15 is 0 Å². The number of aliphatic imine (C=N–C) groups is 1. The van der Waals surface area contributed by atoms with Crippen molar-refractivity contribution in [1.29, 1.82) is 0 Å². The van der Waals surface area contributed by atoms with Crippen LogP contribution in [0.5, 0.6) is 0 Å². The van der Waals surface area contributed by atoms with Gasteiger partial charge in [-0.15, -0.1) is 24.0 Å². The van der Waals surface area contributed by atoms with Crippen LogP contribution in [0.15, 0.2) is 29.4 Å². The molecule has 2 N–H and O–H groups in total. The van der Waals surface area contributed by atoms with Gasteiger partial charge in [-0.1, -0.05) is 29.3 Å². The molecule has 0 amide bonds.